The molecule has 1 aliphatic heterocycles. The van der Waals surface area contributed by atoms with Crippen LogP contribution >= 0.6 is 15.9 Å². The first kappa shape index (κ1) is 11.2. The van der Waals surface area contributed by atoms with Crippen molar-refractivity contribution < 1.29 is 4.74 Å². The summed E-state index contributed by atoms with van der Waals surface area (Å²) in [6, 6.07) is 8.76. The van der Waals surface area contributed by atoms with Crippen LogP contribution < -0.4 is 0 Å². The molecule has 0 aromatic heterocycles. The molecule has 0 bridgehead atoms. The van der Waals surface area contributed by atoms with Crippen molar-refractivity contribution in [2.45, 2.75) is 31.2 Å². The molecule has 0 radical (unpaired) electrons. The molecular formula is C13H17BrO. The monoisotopic (exact) mass is 268 g/mol. The predicted molar refractivity (Wildman–Crippen MR) is 66.4 cm³/mol. The van der Waals surface area contributed by atoms with Gasteiger partial charge in [0.15, 0.2) is 0 Å². The Kier molecular flexibility index (Phi) is 3.47. The highest BCUT2D eigenvalue weighted by Crippen LogP contribution is 2.39. The van der Waals surface area contributed by atoms with Gasteiger partial charge in [0.25, 0.3) is 0 Å². The number of ether oxygens (including phenoxy) is 1. The lowest BCUT2D eigenvalue weighted by atomic mass is 9.93. The molecule has 1 aromatic carbocycles. The van der Waals surface area contributed by atoms with Gasteiger partial charge in [-0.05, 0) is 25.8 Å². The number of benzene rings is 1. The minimum Gasteiger partial charge on any atom is -0.378 e. The van der Waals surface area contributed by atoms with E-state index in [2.05, 4.69) is 54.0 Å². The summed E-state index contributed by atoms with van der Waals surface area (Å²) < 4.78 is 5.60. The number of alkyl halides is 1. The van der Waals surface area contributed by atoms with Crippen molar-refractivity contribution in [3.05, 3.63) is 35.4 Å². The Morgan fingerprint density at radius 2 is 2.00 bits per heavy atom. The zero-order valence-corrected chi connectivity index (χ0v) is 10.8. The molecule has 1 fully saturated rings. The summed E-state index contributed by atoms with van der Waals surface area (Å²) in [4.78, 5) is 0.426. The minimum atomic E-state index is 0.371. The van der Waals surface area contributed by atoms with Crippen molar-refractivity contribution in [2.75, 3.05) is 6.61 Å². The molecule has 1 aromatic rings. The molecule has 0 aliphatic carbocycles. The second kappa shape index (κ2) is 4.67. The Morgan fingerprint density at radius 1 is 1.33 bits per heavy atom. The molecule has 1 aliphatic rings. The Labute approximate surface area is 100.0 Å². The summed E-state index contributed by atoms with van der Waals surface area (Å²) in [7, 11) is 0. The average Bonchev–Trinajstić information content (AvgIpc) is 2.65. The fraction of sp³-hybridized carbons (Fsp3) is 0.538. The van der Waals surface area contributed by atoms with Gasteiger partial charge in [-0.1, -0.05) is 45.8 Å². The zero-order valence-electron chi connectivity index (χ0n) is 9.24. The fourth-order valence-corrected chi connectivity index (χ4v) is 3.13. The van der Waals surface area contributed by atoms with Crippen molar-refractivity contribution in [1.82, 2.24) is 0 Å². The molecule has 3 unspecified atom stereocenters. The van der Waals surface area contributed by atoms with Crippen LogP contribution in [0.2, 0.25) is 0 Å². The molecule has 2 rings (SSSR count). The number of hydrogen-bond acceptors (Lipinski definition) is 1. The second-order valence-corrected chi connectivity index (χ2v) is 5.33. The first-order valence-electron chi connectivity index (χ1n) is 5.50. The topological polar surface area (TPSA) is 9.23 Å². The third-order valence-corrected chi connectivity index (χ3v) is 4.41. The molecule has 0 N–H and O–H groups in total. The summed E-state index contributed by atoms with van der Waals surface area (Å²) in [6.45, 7) is 5.19. The molecule has 0 spiro atoms. The highest BCUT2D eigenvalue weighted by atomic mass is 79.9. The zero-order chi connectivity index (χ0) is 10.8. The Morgan fingerprint density at radius 3 is 2.53 bits per heavy atom. The molecule has 3 atom stereocenters. The van der Waals surface area contributed by atoms with Gasteiger partial charge < -0.3 is 4.74 Å². The van der Waals surface area contributed by atoms with Crippen LogP contribution in [-0.4, -0.2) is 12.7 Å². The Bertz CT molecular complexity index is 320. The summed E-state index contributed by atoms with van der Waals surface area (Å²) >= 11 is 3.80. The third-order valence-electron chi connectivity index (χ3n) is 3.21. The van der Waals surface area contributed by atoms with Crippen LogP contribution in [0.15, 0.2) is 24.3 Å². The van der Waals surface area contributed by atoms with Gasteiger partial charge in [0.05, 0.1) is 6.10 Å². The number of hydrogen-bond donors (Lipinski definition) is 0. The van der Waals surface area contributed by atoms with Crippen LogP contribution in [-0.2, 0) is 4.74 Å². The predicted octanol–water partition coefficient (Wildman–Crippen LogP) is 3.86. The Hall–Kier alpha value is -0.340. The van der Waals surface area contributed by atoms with Crippen molar-refractivity contribution in [2.24, 2.45) is 5.92 Å². The normalized spacial score (nSPS) is 27.9. The van der Waals surface area contributed by atoms with Crippen LogP contribution in [0.1, 0.15) is 29.3 Å². The summed E-state index contributed by atoms with van der Waals surface area (Å²) in [5, 5.41) is 0. The summed E-state index contributed by atoms with van der Waals surface area (Å²) in [5.74, 6) is 0.604. The van der Waals surface area contributed by atoms with Gasteiger partial charge in [-0.25, -0.2) is 0 Å². The van der Waals surface area contributed by atoms with Crippen LogP contribution in [0, 0.1) is 12.8 Å². The van der Waals surface area contributed by atoms with Gasteiger partial charge in [0.2, 0.25) is 0 Å². The number of rotatable bonds is 2. The Balaban J connectivity index is 2.13. The maximum absolute atomic E-state index is 5.60. The first-order valence-corrected chi connectivity index (χ1v) is 6.42. The van der Waals surface area contributed by atoms with E-state index in [9.17, 15) is 0 Å². The van der Waals surface area contributed by atoms with Gasteiger partial charge in [-0.2, -0.15) is 0 Å². The minimum absolute atomic E-state index is 0.371. The van der Waals surface area contributed by atoms with Crippen LogP contribution in [0.3, 0.4) is 0 Å². The highest BCUT2D eigenvalue weighted by molar-refractivity contribution is 9.09. The number of aryl methyl sites for hydroxylation is 1. The largest absolute Gasteiger partial charge is 0.378 e. The molecule has 15 heavy (non-hydrogen) atoms. The average molecular weight is 269 g/mol. The molecule has 82 valence electrons. The van der Waals surface area contributed by atoms with Gasteiger partial charge in [0, 0.05) is 17.4 Å². The van der Waals surface area contributed by atoms with Crippen molar-refractivity contribution in [3.8, 4) is 0 Å². The SMILES string of the molecule is Cc1ccc(C(Br)C2CCOC2C)cc1. The molecule has 2 heteroatoms. The maximum Gasteiger partial charge on any atom is 0.0589 e. The second-order valence-electron chi connectivity index (χ2n) is 4.34. The lowest BCUT2D eigenvalue weighted by Crippen LogP contribution is -2.16. The molecule has 1 saturated heterocycles. The van der Waals surface area contributed by atoms with E-state index in [-0.39, 0.29) is 0 Å². The van der Waals surface area contributed by atoms with E-state index in [1.807, 2.05) is 0 Å². The fourth-order valence-electron chi connectivity index (χ4n) is 2.13. The van der Waals surface area contributed by atoms with E-state index in [0.29, 0.717) is 16.8 Å². The van der Waals surface area contributed by atoms with Crippen molar-refractivity contribution in [3.63, 3.8) is 0 Å². The molecular weight excluding hydrogens is 252 g/mol. The van der Waals surface area contributed by atoms with E-state index in [1.54, 1.807) is 0 Å². The van der Waals surface area contributed by atoms with E-state index in [1.165, 1.54) is 11.1 Å². The smallest absolute Gasteiger partial charge is 0.0589 e. The van der Waals surface area contributed by atoms with Crippen molar-refractivity contribution in [1.29, 1.82) is 0 Å². The van der Waals surface area contributed by atoms with Crippen LogP contribution in [0.5, 0.6) is 0 Å². The molecule has 0 amide bonds. The van der Waals surface area contributed by atoms with E-state index in [0.717, 1.165) is 13.0 Å². The van der Waals surface area contributed by atoms with Crippen molar-refractivity contribution >= 4 is 15.9 Å². The number of halogens is 1. The standard InChI is InChI=1S/C13H17BrO/c1-9-3-5-11(6-4-9)13(14)12-7-8-15-10(12)2/h3-6,10,12-13H,7-8H2,1-2H3. The lowest BCUT2D eigenvalue weighted by molar-refractivity contribution is 0.105. The lowest BCUT2D eigenvalue weighted by Gasteiger charge is -2.20. The first-order chi connectivity index (χ1) is 7.18. The van der Waals surface area contributed by atoms with Crippen LogP contribution in [0.4, 0.5) is 0 Å². The van der Waals surface area contributed by atoms with Gasteiger partial charge in [-0.3, -0.25) is 0 Å². The highest BCUT2D eigenvalue weighted by Gasteiger charge is 2.30. The van der Waals surface area contributed by atoms with Crippen LogP contribution in [0.25, 0.3) is 0 Å². The third kappa shape index (κ3) is 2.43. The summed E-state index contributed by atoms with van der Waals surface area (Å²) in [6.07, 6.45) is 1.53. The van der Waals surface area contributed by atoms with Gasteiger partial charge in [-0.15, -0.1) is 0 Å². The van der Waals surface area contributed by atoms with E-state index < -0.39 is 0 Å². The molecule has 1 heterocycles. The van der Waals surface area contributed by atoms with Gasteiger partial charge in [0.1, 0.15) is 0 Å². The quantitative estimate of drug-likeness (QED) is 0.741. The van der Waals surface area contributed by atoms with Gasteiger partial charge >= 0.3 is 0 Å². The maximum atomic E-state index is 5.60. The summed E-state index contributed by atoms with van der Waals surface area (Å²) in [5.41, 5.74) is 2.68. The van der Waals surface area contributed by atoms with E-state index in [4.69, 9.17) is 4.74 Å². The molecule has 0 saturated carbocycles. The van der Waals surface area contributed by atoms with E-state index >= 15 is 0 Å². The molecule has 1 nitrogen and oxygen atoms in total.